The number of rotatable bonds is 6. The van der Waals surface area contributed by atoms with E-state index in [1.807, 2.05) is 32.0 Å². The van der Waals surface area contributed by atoms with Gasteiger partial charge in [-0.05, 0) is 44.7 Å². The lowest BCUT2D eigenvalue weighted by atomic mass is 9.97. The molecule has 0 aromatic heterocycles. The summed E-state index contributed by atoms with van der Waals surface area (Å²) in [5.41, 5.74) is 0.233. The second kappa shape index (κ2) is 6.58. The van der Waals surface area contributed by atoms with Gasteiger partial charge in [0.15, 0.2) is 0 Å². The molecule has 0 atom stereocenters. The van der Waals surface area contributed by atoms with Crippen molar-refractivity contribution >= 4 is 5.97 Å². The minimum atomic E-state index is -0.387. The predicted octanol–water partition coefficient (Wildman–Crippen LogP) is 4.45. The third-order valence-corrected chi connectivity index (χ3v) is 2.94. The molecular weight excluding hydrogens is 224 g/mol. The van der Waals surface area contributed by atoms with Gasteiger partial charge in [-0.3, -0.25) is 0 Å². The average molecular weight is 248 g/mol. The lowest BCUT2D eigenvalue weighted by molar-refractivity contribution is -0.00572. The van der Waals surface area contributed by atoms with Gasteiger partial charge in [0.05, 0.1) is 5.56 Å². The summed E-state index contributed by atoms with van der Waals surface area (Å²) in [5.74, 6) is 0.468. The van der Waals surface area contributed by atoms with Crippen LogP contribution in [0.4, 0.5) is 0 Å². The van der Waals surface area contributed by atoms with Crippen molar-refractivity contribution in [2.24, 2.45) is 5.92 Å². The molecule has 0 fully saturated rings. The molecule has 1 rings (SSSR count). The molecule has 2 heteroatoms. The summed E-state index contributed by atoms with van der Waals surface area (Å²) in [6.45, 7) is 8.38. The highest BCUT2D eigenvalue weighted by molar-refractivity contribution is 5.89. The molecule has 0 aliphatic carbocycles. The predicted molar refractivity (Wildman–Crippen MR) is 74.6 cm³/mol. The van der Waals surface area contributed by atoms with E-state index >= 15 is 0 Å². The van der Waals surface area contributed by atoms with Crippen LogP contribution < -0.4 is 0 Å². The van der Waals surface area contributed by atoms with Crippen molar-refractivity contribution in [1.29, 1.82) is 0 Å². The summed E-state index contributed by atoms with van der Waals surface area (Å²) in [5, 5.41) is 0. The van der Waals surface area contributed by atoms with Gasteiger partial charge in [0.25, 0.3) is 0 Å². The van der Waals surface area contributed by atoms with Gasteiger partial charge in [0, 0.05) is 0 Å². The number of esters is 1. The summed E-state index contributed by atoms with van der Waals surface area (Å²) in [4.78, 5) is 11.9. The van der Waals surface area contributed by atoms with Crippen LogP contribution in [-0.4, -0.2) is 11.6 Å². The molecule has 18 heavy (non-hydrogen) atoms. The van der Waals surface area contributed by atoms with Crippen molar-refractivity contribution in [1.82, 2.24) is 0 Å². The maximum Gasteiger partial charge on any atom is 0.338 e. The van der Waals surface area contributed by atoms with Crippen molar-refractivity contribution in [2.45, 2.75) is 52.6 Å². The Balaban J connectivity index is 2.47. The highest BCUT2D eigenvalue weighted by Gasteiger charge is 2.23. The SMILES string of the molecule is CC(C)CCCC(C)(C)OC(=O)c1ccccc1. The van der Waals surface area contributed by atoms with Gasteiger partial charge in [-0.25, -0.2) is 4.79 Å². The highest BCUT2D eigenvalue weighted by atomic mass is 16.6. The first-order valence-corrected chi connectivity index (χ1v) is 6.69. The van der Waals surface area contributed by atoms with Gasteiger partial charge in [-0.15, -0.1) is 0 Å². The fraction of sp³-hybridized carbons (Fsp3) is 0.562. The van der Waals surface area contributed by atoms with E-state index in [4.69, 9.17) is 4.74 Å². The zero-order valence-electron chi connectivity index (χ0n) is 11.9. The molecule has 0 unspecified atom stereocenters. The number of ether oxygens (including phenoxy) is 1. The molecule has 0 saturated carbocycles. The van der Waals surface area contributed by atoms with E-state index in [9.17, 15) is 4.79 Å². The number of hydrogen-bond donors (Lipinski definition) is 0. The highest BCUT2D eigenvalue weighted by Crippen LogP contribution is 2.21. The second-order valence-electron chi connectivity index (χ2n) is 5.80. The van der Waals surface area contributed by atoms with Crippen LogP contribution in [0.2, 0.25) is 0 Å². The number of hydrogen-bond acceptors (Lipinski definition) is 2. The maximum absolute atomic E-state index is 11.9. The van der Waals surface area contributed by atoms with Gasteiger partial charge in [0.2, 0.25) is 0 Å². The summed E-state index contributed by atoms with van der Waals surface area (Å²) < 4.78 is 5.57. The topological polar surface area (TPSA) is 26.3 Å². The van der Waals surface area contributed by atoms with Gasteiger partial charge >= 0.3 is 5.97 Å². The van der Waals surface area contributed by atoms with Crippen molar-refractivity contribution < 1.29 is 9.53 Å². The molecule has 1 aromatic carbocycles. The average Bonchev–Trinajstić information content (AvgIpc) is 2.28. The Morgan fingerprint density at radius 2 is 1.83 bits per heavy atom. The van der Waals surface area contributed by atoms with Crippen LogP contribution >= 0.6 is 0 Å². The molecule has 0 radical (unpaired) electrons. The van der Waals surface area contributed by atoms with E-state index in [0.29, 0.717) is 11.5 Å². The molecule has 0 N–H and O–H groups in total. The normalized spacial score (nSPS) is 11.6. The first-order valence-electron chi connectivity index (χ1n) is 6.69. The molecular formula is C16H24O2. The molecule has 0 spiro atoms. The largest absolute Gasteiger partial charge is 0.456 e. The monoisotopic (exact) mass is 248 g/mol. The molecule has 0 amide bonds. The first-order chi connectivity index (χ1) is 8.41. The Labute approximate surface area is 110 Å². The summed E-state index contributed by atoms with van der Waals surface area (Å²) >= 11 is 0. The van der Waals surface area contributed by atoms with Gasteiger partial charge in [-0.2, -0.15) is 0 Å². The Kier molecular flexibility index (Phi) is 5.39. The molecule has 1 aromatic rings. The van der Waals surface area contributed by atoms with Gasteiger partial charge in [0.1, 0.15) is 5.60 Å². The molecule has 0 aliphatic rings. The fourth-order valence-corrected chi connectivity index (χ4v) is 1.87. The van der Waals surface area contributed by atoms with Crippen molar-refractivity contribution in [2.75, 3.05) is 0 Å². The lowest BCUT2D eigenvalue weighted by Crippen LogP contribution is -2.28. The molecule has 0 bridgehead atoms. The van der Waals surface area contributed by atoms with Crippen LogP contribution in [-0.2, 0) is 4.74 Å². The number of benzene rings is 1. The third kappa shape index (κ3) is 5.35. The Bertz CT molecular complexity index is 366. The Hall–Kier alpha value is -1.31. The van der Waals surface area contributed by atoms with Crippen molar-refractivity contribution in [3.8, 4) is 0 Å². The van der Waals surface area contributed by atoms with Crippen LogP contribution in [0, 0.1) is 5.92 Å². The van der Waals surface area contributed by atoms with E-state index in [0.717, 1.165) is 12.8 Å². The van der Waals surface area contributed by atoms with Crippen LogP contribution in [0.5, 0.6) is 0 Å². The summed E-state index contributed by atoms with van der Waals surface area (Å²) in [6, 6.07) is 9.16. The van der Waals surface area contributed by atoms with Crippen LogP contribution in [0.1, 0.15) is 57.3 Å². The van der Waals surface area contributed by atoms with E-state index in [1.54, 1.807) is 12.1 Å². The minimum Gasteiger partial charge on any atom is -0.456 e. The zero-order chi connectivity index (χ0) is 13.6. The molecule has 0 aliphatic heterocycles. The van der Waals surface area contributed by atoms with E-state index in [-0.39, 0.29) is 11.6 Å². The van der Waals surface area contributed by atoms with E-state index in [2.05, 4.69) is 13.8 Å². The smallest absolute Gasteiger partial charge is 0.338 e. The van der Waals surface area contributed by atoms with Crippen molar-refractivity contribution in [3.05, 3.63) is 35.9 Å². The molecule has 2 nitrogen and oxygen atoms in total. The molecule has 0 heterocycles. The van der Waals surface area contributed by atoms with E-state index in [1.165, 1.54) is 6.42 Å². The Morgan fingerprint density at radius 1 is 1.22 bits per heavy atom. The quantitative estimate of drug-likeness (QED) is 0.695. The Morgan fingerprint density at radius 3 is 2.39 bits per heavy atom. The van der Waals surface area contributed by atoms with Crippen LogP contribution in [0.25, 0.3) is 0 Å². The molecule has 0 saturated heterocycles. The van der Waals surface area contributed by atoms with Crippen LogP contribution in [0.3, 0.4) is 0 Å². The summed E-state index contributed by atoms with van der Waals surface area (Å²) in [6.07, 6.45) is 3.17. The lowest BCUT2D eigenvalue weighted by Gasteiger charge is -2.25. The third-order valence-electron chi connectivity index (χ3n) is 2.94. The van der Waals surface area contributed by atoms with Crippen LogP contribution in [0.15, 0.2) is 30.3 Å². The minimum absolute atomic E-state index is 0.231. The van der Waals surface area contributed by atoms with Crippen molar-refractivity contribution in [3.63, 3.8) is 0 Å². The summed E-state index contributed by atoms with van der Waals surface area (Å²) in [7, 11) is 0. The zero-order valence-corrected chi connectivity index (χ0v) is 11.9. The van der Waals surface area contributed by atoms with E-state index < -0.39 is 0 Å². The fourth-order valence-electron chi connectivity index (χ4n) is 1.87. The number of carbonyl (C=O) groups excluding carboxylic acids is 1. The second-order valence-corrected chi connectivity index (χ2v) is 5.80. The standard InChI is InChI=1S/C16H24O2/c1-13(2)9-8-12-16(3,4)18-15(17)14-10-6-5-7-11-14/h5-7,10-11,13H,8-9,12H2,1-4H3. The number of carbonyl (C=O) groups is 1. The van der Waals surface area contributed by atoms with Gasteiger partial charge in [-0.1, -0.05) is 38.5 Å². The molecule has 100 valence electrons. The first kappa shape index (κ1) is 14.7. The van der Waals surface area contributed by atoms with Gasteiger partial charge < -0.3 is 4.74 Å². The maximum atomic E-state index is 11.9.